The summed E-state index contributed by atoms with van der Waals surface area (Å²) in [4.78, 5) is 35.9. The van der Waals surface area contributed by atoms with Crippen LogP contribution in [0.25, 0.3) is 0 Å². The molecule has 0 aromatic carbocycles. The summed E-state index contributed by atoms with van der Waals surface area (Å²) in [5, 5.41) is 0. The fourth-order valence-corrected chi connectivity index (χ4v) is 2.40. The van der Waals surface area contributed by atoms with Gasteiger partial charge in [-0.2, -0.15) is 0 Å². The molecule has 3 rings (SSSR count). The Morgan fingerprint density at radius 2 is 2.00 bits per heavy atom. The first-order valence-corrected chi connectivity index (χ1v) is 7.08. The summed E-state index contributed by atoms with van der Waals surface area (Å²) in [6.07, 6.45) is 6.00. The van der Waals surface area contributed by atoms with E-state index in [0.717, 1.165) is 0 Å². The second-order valence-electron chi connectivity index (χ2n) is 5.06. The molecule has 1 aliphatic rings. The molecule has 2 aromatic heterocycles. The summed E-state index contributed by atoms with van der Waals surface area (Å²) < 4.78 is 5.10. The molecule has 0 bridgehead atoms. The number of aromatic nitrogens is 2. The van der Waals surface area contributed by atoms with Gasteiger partial charge in [-0.3, -0.25) is 19.5 Å². The van der Waals surface area contributed by atoms with Crippen molar-refractivity contribution in [2.75, 3.05) is 32.7 Å². The van der Waals surface area contributed by atoms with E-state index in [1.54, 1.807) is 17.0 Å². The van der Waals surface area contributed by atoms with Crippen LogP contribution in [-0.4, -0.2) is 64.2 Å². The minimum atomic E-state index is -0.120. The Labute approximate surface area is 127 Å². The molecule has 1 amide bonds. The van der Waals surface area contributed by atoms with Crippen LogP contribution in [0.5, 0.6) is 0 Å². The van der Waals surface area contributed by atoms with Gasteiger partial charge < -0.3 is 9.32 Å². The highest BCUT2D eigenvalue weighted by Crippen LogP contribution is 2.08. The average Bonchev–Trinajstić information content (AvgIpc) is 3.10. The molecule has 1 saturated heterocycles. The van der Waals surface area contributed by atoms with E-state index in [9.17, 15) is 9.59 Å². The van der Waals surface area contributed by atoms with Crippen molar-refractivity contribution in [3.8, 4) is 0 Å². The molecule has 0 unspecified atom stereocenters. The highest BCUT2D eigenvalue weighted by Gasteiger charge is 2.24. The van der Waals surface area contributed by atoms with Crippen molar-refractivity contribution in [2.24, 2.45) is 0 Å². The van der Waals surface area contributed by atoms with Crippen molar-refractivity contribution in [1.29, 1.82) is 0 Å². The normalized spacial score (nSPS) is 15.7. The number of Topliss-reactive ketones (excluding diaryl/α,β-unsaturated/α-hetero) is 1. The van der Waals surface area contributed by atoms with Gasteiger partial charge in [0.1, 0.15) is 5.69 Å². The minimum Gasteiger partial charge on any atom is -0.461 e. The fraction of sp³-hybridized carbons (Fsp3) is 0.333. The standard InChI is InChI=1S/C15H16N4O3/c20-13(14-2-1-9-22-14)11-18-5-7-19(8-6-18)15(21)12-10-16-3-4-17-12/h1-4,9-10H,5-8,11H2. The predicted octanol–water partition coefficient (Wildman–Crippen LogP) is 0.710. The highest BCUT2D eigenvalue weighted by atomic mass is 16.3. The van der Waals surface area contributed by atoms with Crippen LogP contribution in [0.15, 0.2) is 41.4 Å². The summed E-state index contributed by atoms with van der Waals surface area (Å²) in [7, 11) is 0. The fourth-order valence-electron chi connectivity index (χ4n) is 2.40. The highest BCUT2D eigenvalue weighted by molar-refractivity contribution is 5.95. The molecule has 0 spiro atoms. The van der Waals surface area contributed by atoms with Gasteiger partial charge in [0.15, 0.2) is 5.76 Å². The van der Waals surface area contributed by atoms with Crippen molar-refractivity contribution < 1.29 is 14.0 Å². The molecular weight excluding hydrogens is 284 g/mol. The monoisotopic (exact) mass is 300 g/mol. The number of rotatable bonds is 4. The molecule has 22 heavy (non-hydrogen) atoms. The molecule has 0 radical (unpaired) electrons. The summed E-state index contributed by atoms with van der Waals surface area (Å²) >= 11 is 0. The van der Waals surface area contributed by atoms with Crippen LogP contribution in [0, 0.1) is 0 Å². The molecule has 7 nitrogen and oxygen atoms in total. The molecule has 3 heterocycles. The molecule has 0 N–H and O–H groups in total. The van der Waals surface area contributed by atoms with Crippen LogP contribution in [0.4, 0.5) is 0 Å². The number of carbonyl (C=O) groups is 2. The number of piperazine rings is 1. The maximum Gasteiger partial charge on any atom is 0.274 e. The van der Waals surface area contributed by atoms with E-state index < -0.39 is 0 Å². The maximum absolute atomic E-state index is 12.2. The Balaban J connectivity index is 1.52. The Bertz CT molecular complexity index is 634. The van der Waals surface area contributed by atoms with E-state index in [4.69, 9.17) is 4.42 Å². The zero-order valence-corrected chi connectivity index (χ0v) is 12.0. The van der Waals surface area contributed by atoms with E-state index in [-0.39, 0.29) is 11.7 Å². The molecule has 0 saturated carbocycles. The van der Waals surface area contributed by atoms with Crippen LogP contribution in [0.1, 0.15) is 21.0 Å². The lowest BCUT2D eigenvalue weighted by Gasteiger charge is -2.33. The lowest BCUT2D eigenvalue weighted by atomic mass is 10.2. The summed E-state index contributed by atoms with van der Waals surface area (Å²) in [6.45, 7) is 2.75. The van der Waals surface area contributed by atoms with Crippen molar-refractivity contribution in [3.05, 3.63) is 48.4 Å². The summed E-state index contributed by atoms with van der Waals surface area (Å²) in [5.41, 5.74) is 0.350. The van der Waals surface area contributed by atoms with Crippen LogP contribution >= 0.6 is 0 Å². The quantitative estimate of drug-likeness (QED) is 0.774. The van der Waals surface area contributed by atoms with Crippen molar-refractivity contribution in [3.63, 3.8) is 0 Å². The first-order valence-electron chi connectivity index (χ1n) is 7.08. The van der Waals surface area contributed by atoms with E-state index in [2.05, 4.69) is 9.97 Å². The van der Waals surface area contributed by atoms with E-state index in [1.165, 1.54) is 24.9 Å². The zero-order chi connectivity index (χ0) is 15.4. The number of hydrogen-bond donors (Lipinski definition) is 0. The first-order chi connectivity index (χ1) is 10.7. The van der Waals surface area contributed by atoms with Gasteiger partial charge >= 0.3 is 0 Å². The van der Waals surface area contributed by atoms with Crippen LogP contribution < -0.4 is 0 Å². The third-order valence-electron chi connectivity index (χ3n) is 3.61. The topological polar surface area (TPSA) is 79.5 Å². The number of ketones is 1. The second-order valence-corrected chi connectivity index (χ2v) is 5.06. The van der Waals surface area contributed by atoms with Gasteiger partial charge in [0.05, 0.1) is 19.0 Å². The number of furan rings is 1. The van der Waals surface area contributed by atoms with Gasteiger partial charge in [-0.25, -0.2) is 4.98 Å². The van der Waals surface area contributed by atoms with Crippen molar-refractivity contribution >= 4 is 11.7 Å². The average molecular weight is 300 g/mol. The molecular formula is C15H16N4O3. The molecule has 1 aliphatic heterocycles. The predicted molar refractivity (Wildman–Crippen MR) is 77.4 cm³/mol. The second kappa shape index (κ2) is 6.48. The molecule has 1 fully saturated rings. The minimum absolute atomic E-state index is 0.0429. The number of hydrogen-bond acceptors (Lipinski definition) is 6. The van der Waals surface area contributed by atoms with Gasteiger partial charge in [-0.05, 0) is 12.1 Å². The van der Waals surface area contributed by atoms with Gasteiger partial charge in [-0.1, -0.05) is 0 Å². The number of carbonyl (C=O) groups excluding carboxylic acids is 2. The SMILES string of the molecule is O=C(CN1CCN(C(=O)c2cnccn2)CC1)c1ccco1. The lowest BCUT2D eigenvalue weighted by Crippen LogP contribution is -2.50. The smallest absolute Gasteiger partial charge is 0.274 e. The van der Waals surface area contributed by atoms with Gasteiger partial charge in [0.25, 0.3) is 5.91 Å². The summed E-state index contributed by atoms with van der Waals surface area (Å²) in [6, 6.07) is 3.36. The molecule has 7 heteroatoms. The third kappa shape index (κ3) is 3.20. The lowest BCUT2D eigenvalue weighted by molar-refractivity contribution is 0.0614. The van der Waals surface area contributed by atoms with Gasteiger partial charge in [0.2, 0.25) is 5.78 Å². The van der Waals surface area contributed by atoms with E-state index in [0.29, 0.717) is 44.2 Å². The van der Waals surface area contributed by atoms with Crippen LogP contribution in [0.3, 0.4) is 0 Å². The Morgan fingerprint density at radius 3 is 2.64 bits per heavy atom. The Morgan fingerprint density at radius 1 is 1.18 bits per heavy atom. The number of nitrogens with zero attached hydrogens (tertiary/aromatic N) is 4. The third-order valence-corrected chi connectivity index (χ3v) is 3.61. The first kappa shape index (κ1) is 14.4. The van der Waals surface area contributed by atoms with Crippen molar-refractivity contribution in [1.82, 2.24) is 19.8 Å². The van der Waals surface area contributed by atoms with Crippen LogP contribution in [0.2, 0.25) is 0 Å². The zero-order valence-electron chi connectivity index (χ0n) is 12.0. The van der Waals surface area contributed by atoms with Crippen LogP contribution in [-0.2, 0) is 0 Å². The molecule has 0 atom stereocenters. The number of amides is 1. The summed E-state index contributed by atoms with van der Waals surface area (Å²) in [5.74, 6) is 0.210. The molecule has 114 valence electrons. The van der Waals surface area contributed by atoms with E-state index >= 15 is 0 Å². The maximum atomic E-state index is 12.2. The van der Waals surface area contributed by atoms with Gasteiger partial charge in [0, 0.05) is 38.6 Å². The Hall–Kier alpha value is -2.54. The molecule has 0 aliphatic carbocycles. The molecule has 2 aromatic rings. The largest absolute Gasteiger partial charge is 0.461 e. The Kier molecular flexibility index (Phi) is 4.24. The van der Waals surface area contributed by atoms with E-state index in [1.807, 2.05) is 4.90 Å². The van der Waals surface area contributed by atoms with Crippen molar-refractivity contribution in [2.45, 2.75) is 0 Å². The van der Waals surface area contributed by atoms with Gasteiger partial charge in [-0.15, -0.1) is 0 Å².